The van der Waals surface area contributed by atoms with E-state index in [9.17, 15) is 0 Å². The zero-order chi connectivity index (χ0) is 12.4. The predicted octanol–water partition coefficient (Wildman–Crippen LogP) is 3.01. The molecule has 1 saturated heterocycles. The summed E-state index contributed by atoms with van der Waals surface area (Å²) in [7, 11) is 0. The van der Waals surface area contributed by atoms with E-state index in [1.54, 1.807) is 0 Å². The molecule has 2 rings (SSSR count). The molecule has 1 aliphatic heterocycles. The fraction of sp³-hybridized carbons (Fsp3) is 1.00. The van der Waals surface area contributed by atoms with Gasteiger partial charge in [-0.25, -0.2) is 0 Å². The first-order chi connectivity index (χ1) is 8.09. The summed E-state index contributed by atoms with van der Waals surface area (Å²) in [4.78, 5) is 2.72. The molecule has 2 nitrogen and oxygen atoms in total. The van der Waals surface area contributed by atoms with Gasteiger partial charge in [-0.3, -0.25) is 4.90 Å². The lowest BCUT2D eigenvalue weighted by atomic mass is 9.76. The van der Waals surface area contributed by atoms with Gasteiger partial charge in [-0.05, 0) is 57.4 Å². The first-order valence-electron chi connectivity index (χ1n) is 7.61. The van der Waals surface area contributed by atoms with E-state index in [2.05, 4.69) is 25.7 Å². The number of piperidine rings is 1. The second kappa shape index (κ2) is 5.71. The molecule has 1 saturated carbocycles. The largest absolute Gasteiger partial charge is 0.326 e. The Kier molecular flexibility index (Phi) is 4.48. The average molecular weight is 238 g/mol. The number of hydrogen-bond donors (Lipinski definition) is 1. The Morgan fingerprint density at radius 1 is 1.12 bits per heavy atom. The molecular formula is C15H30N2. The minimum absolute atomic E-state index is 0.422. The van der Waals surface area contributed by atoms with Crippen LogP contribution in [0.1, 0.15) is 59.3 Å². The normalized spacial score (nSPS) is 40.8. The maximum Gasteiger partial charge on any atom is 0.0252 e. The van der Waals surface area contributed by atoms with Crippen LogP contribution in [0.15, 0.2) is 0 Å². The molecule has 2 heteroatoms. The van der Waals surface area contributed by atoms with Crippen LogP contribution in [-0.2, 0) is 0 Å². The van der Waals surface area contributed by atoms with Crippen molar-refractivity contribution in [3.8, 4) is 0 Å². The highest BCUT2D eigenvalue weighted by Crippen LogP contribution is 2.34. The van der Waals surface area contributed by atoms with Crippen molar-refractivity contribution in [3.05, 3.63) is 0 Å². The van der Waals surface area contributed by atoms with Crippen LogP contribution in [0.2, 0.25) is 0 Å². The molecule has 0 aromatic carbocycles. The highest BCUT2D eigenvalue weighted by molar-refractivity contribution is 4.92. The van der Waals surface area contributed by atoms with Gasteiger partial charge in [-0.15, -0.1) is 0 Å². The Balaban J connectivity index is 2.01. The summed E-state index contributed by atoms with van der Waals surface area (Å²) < 4.78 is 0. The van der Waals surface area contributed by atoms with Crippen LogP contribution in [0.4, 0.5) is 0 Å². The van der Waals surface area contributed by atoms with Crippen LogP contribution in [-0.4, -0.2) is 29.6 Å². The summed E-state index contributed by atoms with van der Waals surface area (Å²) in [5.41, 5.74) is 6.39. The molecule has 1 aliphatic carbocycles. The van der Waals surface area contributed by atoms with Gasteiger partial charge in [0.2, 0.25) is 0 Å². The highest BCUT2D eigenvalue weighted by Gasteiger charge is 2.35. The van der Waals surface area contributed by atoms with Crippen molar-refractivity contribution >= 4 is 0 Å². The van der Waals surface area contributed by atoms with Gasteiger partial charge in [0.25, 0.3) is 0 Å². The molecule has 0 aromatic rings. The van der Waals surface area contributed by atoms with E-state index < -0.39 is 0 Å². The summed E-state index contributed by atoms with van der Waals surface area (Å²) >= 11 is 0. The molecule has 0 spiro atoms. The number of nitrogens with zero attached hydrogens (tertiary/aromatic N) is 1. The first-order valence-corrected chi connectivity index (χ1v) is 7.61. The summed E-state index contributed by atoms with van der Waals surface area (Å²) in [5, 5.41) is 0. The van der Waals surface area contributed by atoms with Crippen molar-refractivity contribution in [2.24, 2.45) is 17.6 Å². The molecule has 2 fully saturated rings. The van der Waals surface area contributed by atoms with Gasteiger partial charge in [-0.1, -0.05) is 20.3 Å². The molecule has 2 N–H and O–H groups in total. The molecule has 0 aromatic heterocycles. The molecule has 4 unspecified atom stereocenters. The molecule has 0 amide bonds. The Hall–Kier alpha value is -0.0800. The number of rotatable bonds is 2. The van der Waals surface area contributed by atoms with Crippen molar-refractivity contribution in [2.75, 3.05) is 6.54 Å². The lowest BCUT2D eigenvalue weighted by Crippen LogP contribution is -2.55. The van der Waals surface area contributed by atoms with Crippen LogP contribution in [0.5, 0.6) is 0 Å². The Labute approximate surface area is 107 Å². The van der Waals surface area contributed by atoms with E-state index in [4.69, 9.17) is 5.73 Å². The van der Waals surface area contributed by atoms with Crippen LogP contribution >= 0.6 is 0 Å². The maximum absolute atomic E-state index is 6.39. The van der Waals surface area contributed by atoms with Crippen molar-refractivity contribution in [1.29, 1.82) is 0 Å². The predicted molar refractivity (Wildman–Crippen MR) is 74.0 cm³/mol. The fourth-order valence-corrected chi connectivity index (χ4v) is 3.80. The van der Waals surface area contributed by atoms with Gasteiger partial charge in [0.05, 0.1) is 0 Å². The molecular weight excluding hydrogens is 208 g/mol. The van der Waals surface area contributed by atoms with Crippen molar-refractivity contribution < 1.29 is 0 Å². The van der Waals surface area contributed by atoms with Gasteiger partial charge in [-0.2, -0.15) is 0 Å². The zero-order valence-electron chi connectivity index (χ0n) is 11.9. The van der Waals surface area contributed by atoms with Crippen LogP contribution in [0, 0.1) is 11.8 Å². The minimum Gasteiger partial charge on any atom is -0.326 e. The Morgan fingerprint density at radius 3 is 2.53 bits per heavy atom. The molecule has 4 atom stereocenters. The minimum atomic E-state index is 0.422. The van der Waals surface area contributed by atoms with E-state index in [0.29, 0.717) is 12.1 Å². The van der Waals surface area contributed by atoms with Gasteiger partial charge in [0, 0.05) is 18.1 Å². The van der Waals surface area contributed by atoms with E-state index in [-0.39, 0.29) is 0 Å². The smallest absolute Gasteiger partial charge is 0.0252 e. The number of likely N-dealkylation sites (tertiary alicyclic amines) is 1. The molecule has 17 heavy (non-hydrogen) atoms. The van der Waals surface area contributed by atoms with Crippen LogP contribution < -0.4 is 5.73 Å². The number of hydrogen-bond acceptors (Lipinski definition) is 2. The maximum atomic E-state index is 6.39. The summed E-state index contributed by atoms with van der Waals surface area (Å²) in [6.07, 6.45) is 8.07. The lowest BCUT2D eigenvalue weighted by molar-refractivity contribution is 0.0457. The van der Waals surface area contributed by atoms with Crippen LogP contribution in [0.3, 0.4) is 0 Å². The van der Waals surface area contributed by atoms with Gasteiger partial charge >= 0.3 is 0 Å². The number of nitrogens with two attached hydrogens (primary N) is 1. The molecule has 0 radical (unpaired) electrons. The van der Waals surface area contributed by atoms with E-state index >= 15 is 0 Å². The monoisotopic (exact) mass is 238 g/mol. The van der Waals surface area contributed by atoms with Gasteiger partial charge in [0.15, 0.2) is 0 Å². The summed E-state index contributed by atoms with van der Waals surface area (Å²) in [6, 6.07) is 1.84. The average Bonchev–Trinajstić information content (AvgIpc) is 2.30. The van der Waals surface area contributed by atoms with E-state index in [1.807, 2.05) is 0 Å². The van der Waals surface area contributed by atoms with Crippen molar-refractivity contribution in [3.63, 3.8) is 0 Å². The molecule has 1 heterocycles. The van der Waals surface area contributed by atoms with Gasteiger partial charge in [0.1, 0.15) is 0 Å². The van der Waals surface area contributed by atoms with Crippen molar-refractivity contribution in [1.82, 2.24) is 4.90 Å². The first kappa shape index (κ1) is 13.4. The summed E-state index contributed by atoms with van der Waals surface area (Å²) in [5.74, 6) is 1.72. The zero-order valence-corrected chi connectivity index (χ0v) is 11.9. The third kappa shape index (κ3) is 3.03. The summed E-state index contributed by atoms with van der Waals surface area (Å²) in [6.45, 7) is 8.42. The van der Waals surface area contributed by atoms with Crippen molar-refractivity contribution in [2.45, 2.75) is 77.4 Å². The molecule has 2 aliphatic rings. The lowest BCUT2D eigenvalue weighted by Gasteiger charge is -2.46. The topological polar surface area (TPSA) is 29.3 Å². The third-order valence-corrected chi connectivity index (χ3v) is 5.13. The van der Waals surface area contributed by atoms with Crippen LogP contribution in [0.25, 0.3) is 0 Å². The van der Waals surface area contributed by atoms with E-state index in [0.717, 1.165) is 17.9 Å². The van der Waals surface area contributed by atoms with E-state index in [1.165, 1.54) is 45.1 Å². The standard InChI is InChI=1S/C15H30N2/c1-11(2)13-7-8-14(16)15(10-13)17-9-5-4-6-12(17)3/h11-15H,4-10,16H2,1-3H3. The van der Waals surface area contributed by atoms with Gasteiger partial charge < -0.3 is 5.73 Å². The highest BCUT2D eigenvalue weighted by atomic mass is 15.2. The second-order valence-electron chi connectivity index (χ2n) is 6.63. The third-order valence-electron chi connectivity index (χ3n) is 5.13. The molecule has 0 bridgehead atoms. The molecule has 100 valence electrons. The second-order valence-corrected chi connectivity index (χ2v) is 6.63. The Bertz CT molecular complexity index is 239. The fourth-order valence-electron chi connectivity index (χ4n) is 3.80. The quantitative estimate of drug-likeness (QED) is 0.801. The Morgan fingerprint density at radius 2 is 1.88 bits per heavy atom. The SMILES string of the molecule is CC(C)C1CCC(N)C(N2CCCCC2C)C1.